The number of benzene rings is 1. The Bertz CT molecular complexity index is 430. The maximum atomic E-state index is 13.2. The highest BCUT2D eigenvalue weighted by molar-refractivity contribution is 6.30. The lowest BCUT2D eigenvalue weighted by Gasteiger charge is -2.25. The molecule has 3 nitrogen and oxygen atoms in total. The van der Waals surface area contributed by atoms with Crippen molar-refractivity contribution in [3.63, 3.8) is 0 Å². The summed E-state index contributed by atoms with van der Waals surface area (Å²) in [5, 5.41) is 3.62. The van der Waals surface area contributed by atoms with E-state index in [9.17, 15) is 4.39 Å². The fourth-order valence-corrected chi connectivity index (χ4v) is 2.85. The van der Waals surface area contributed by atoms with Gasteiger partial charge < -0.3 is 10.1 Å². The third-order valence-corrected chi connectivity index (χ3v) is 4.02. The van der Waals surface area contributed by atoms with Gasteiger partial charge in [-0.15, -0.1) is 0 Å². The van der Waals surface area contributed by atoms with Gasteiger partial charge in [0.25, 0.3) is 0 Å². The van der Waals surface area contributed by atoms with Crippen LogP contribution in [0.5, 0.6) is 0 Å². The smallest absolute Gasteiger partial charge is 0.141 e. The van der Waals surface area contributed by atoms with Gasteiger partial charge in [0.05, 0.1) is 11.6 Å². The lowest BCUT2D eigenvalue weighted by molar-refractivity contribution is 0.191. The van der Waals surface area contributed by atoms with Gasteiger partial charge in [-0.2, -0.15) is 0 Å². The molecular weight excluding hydrogens is 279 g/mol. The summed E-state index contributed by atoms with van der Waals surface area (Å²) >= 11 is 5.83. The molecule has 0 amide bonds. The molecule has 1 saturated heterocycles. The summed E-state index contributed by atoms with van der Waals surface area (Å²) in [6.45, 7) is 4.50. The molecule has 0 aliphatic carbocycles. The van der Waals surface area contributed by atoms with E-state index in [1.54, 1.807) is 13.2 Å². The summed E-state index contributed by atoms with van der Waals surface area (Å²) in [7, 11) is 1.71. The molecule has 1 atom stereocenters. The second-order valence-corrected chi connectivity index (χ2v) is 5.62. The molecule has 112 valence electrons. The van der Waals surface area contributed by atoms with Crippen LogP contribution in [-0.4, -0.2) is 44.3 Å². The molecule has 0 saturated carbocycles. The maximum absolute atomic E-state index is 13.2. The number of halogens is 2. The van der Waals surface area contributed by atoms with Crippen molar-refractivity contribution in [1.29, 1.82) is 0 Å². The molecule has 0 bridgehead atoms. The molecule has 1 aromatic rings. The Labute approximate surface area is 125 Å². The van der Waals surface area contributed by atoms with Gasteiger partial charge in [0.1, 0.15) is 5.82 Å². The molecule has 1 heterocycles. The van der Waals surface area contributed by atoms with Crippen LogP contribution in [0.1, 0.15) is 18.4 Å². The number of nitrogens with zero attached hydrogens (tertiary/aromatic N) is 1. The standard InChI is InChI=1S/C15H22ClFN2O/c1-20-8-6-18-10-13-3-2-7-19(13)11-12-4-5-15(17)14(16)9-12/h4-5,9,13,18H,2-3,6-8,10-11H2,1H3. The fourth-order valence-electron chi connectivity index (χ4n) is 2.65. The van der Waals surface area contributed by atoms with E-state index in [4.69, 9.17) is 16.3 Å². The molecule has 0 spiro atoms. The normalized spacial score (nSPS) is 19.6. The van der Waals surface area contributed by atoms with Crippen molar-refractivity contribution in [2.75, 3.05) is 33.4 Å². The second kappa shape index (κ2) is 7.93. The maximum Gasteiger partial charge on any atom is 0.141 e. The van der Waals surface area contributed by atoms with E-state index < -0.39 is 0 Å². The second-order valence-electron chi connectivity index (χ2n) is 5.21. The highest BCUT2D eigenvalue weighted by Crippen LogP contribution is 2.22. The van der Waals surface area contributed by atoms with Gasteiger partial charge in [0.2, 0.25) is 0 Å². The minimum absolute atomic E-state index is 0.205. The monoisotopic (exact) mass is 300 g/mol. The van der Waals surface area contributed by atoms with Gasteiger partial charge in [0.15, 0.2) is 0 Å². The highest BCUT2D eigenvalue weighted by Gasteiger charge is 2.24. The average Bonchev–Trinajstić information content (AvgIpc) is 2.86. The van der Waals surface area contributed by atoms with E-state index in [2.05, 4.69) is 10.2 Å². The predicted molar refractivity (Wildman–Crippen MR) is 79.6 cm³/mol. The minimum atomic E-state index is -0.352. The Morgan fingerprint density at radius 1 is 1.50 bits per heavy atom. The largest absolute Gasteiger partial charge is 0.383 e. The molecule has 1 aliphatic heterocycles. The Kier molecular flexibility index (Phi) is 6.23. The zero-order chi connectivity index (χ0) is 14.4. The van der Waals surface area contributed by atoms with Crippen LogP contribution in [0.2, 0.25) is 5.02 Å². The highest BCUT2D eigenvalue weighted by atomic mass is 35.5. The molecule has 1 aromatic carbocycles. The van der Waals surface area contributed by atoms with Crippen LogP contribution in [0.3, 0.4) is 0 Å². The Hall–Kier alpha value is -0.680. The average molecular weight is 301 g/mol. The number of ether oxygens (including phenoxy) is 1. The molecule has 2 rings (SSSR count). The van der Waals surface area contributed by atoms with Crippen molar-refractivity contribution in [1.82, 2.24) is 10.2 Å². The molecule has 1 unspecified atom stereocenters. The zero-order valence-electron chi connectivity index (χ0n) is 11.9. The van der Waals surface area contributed by atoms with Crippen LogP contribution in [0.15, 0.2) is 18.2 Å². The van der Waals surface area contributed by atoms with Crippen LogP contribution >= 0.6 is 11.6 Å². The van der Waals surface area contributed by atoms with Crippen LogP contribution in [0, 0.1) is 5.82 Å². The van der Waals surface area contributed by atoms with Gasteiger partial charge in [-0.3, -0.25) is 4.90 Å². The topological polar surface area (TPSA) is 24.5 Å². The van der Waals surface area contributed by atoms with Gasteiger partial charge in [0, 0.05) is 32.8 Å². The molecule has 1 N–H and O–H groups in total. The van der Waals surface area contributed by atoms with E-state index in [-0.39, 0.29) is 10.8 Å². The number of nitrogens with one attached hydrogen (secondary N) is 1. The summed E-state index contributed by atoms with van der Waals surface area (Å²) in [5.74, 6) is -0.352. The van der Waals surface area contributed by atoms with E-state index in [0.717, 1.165) is 38.3 Å². The van der Waals surface area contributed by atoms with Crippen LogP contribution < -0.4 is 5.32 Å². The van der Waals surface area contributed by atoms with Crippen molar-refractivity contribution in [3.05, 3.63) is 34.6 Å². The van der Waals surface area contributed by atoms with E-state index >= 15 is 0 Å². The molecule has 0 radical (unpaired) electrons. The van der Waals surface area contributed by atoms with Crippen molar-refractivity contribution in [2.45, 2.75) is 25.4 Å². The number of methoxy groups -OCH3 is 1. The lowest BCUT2D eigenvalue weighted by atomic mass is 10.1. The Morgan fingerprint density at radius 2 is 2.35 bits per heavy atom. The summed E-state index contributed by atoms with van der Waals surface area (Å²) in [6.07, 6.45) is 2.42. The molecule has 0 aromatic heterocycles. The third-order valence-electron chi connectivity index (χ3n) is 3.73. The molecule has 20 heavy (non-hydrogen) atoms. The van der Waals surface area contributed by atoms with Crippen LogP contribution in [0.4, 0.5) is 4.39 Å². The SMILES string of the molecule is COCCNCC1CCCN1Cc1ccc(F)c(Cl)c1. The fraction of sp³-hybridized carbons (Fsp3) is 0.600. The number of hydrogen-bond acceptors (Lipinski definition) is 3. The Morgan fingerprint density at radius 3 is 3.10 bits per heavy atom. The van der Waals surface area contributed by atoms with Gasteiger partial charge in [-0.25, -0.2) is 4.39 Å². The zero-order valence-corrected chi connectivity index (χ0v) is 12.6. The van der Waals surface area contributed by atoms with E-state index in [0.29, 0.717) is 6.04 Å². The third kappa shape index (κ3) is 4.42. The summed E-state index contributed by atoms with van der Waals surface area (Å²) in [6, 6.07) is 5.52. The lowest BCUT2D eigenvalue weighted by Crippen LogP contribution is -2.38. The quantitative estimate of drug-likeness (QED) is 0.784. The Balaban J connectivity index is 1.85. The predicted octanol–water partition coefficient (Wildman–Crippen LogP) is 2.68. The van der Waals surface area contributed by atoms with Crippen molar-refractivity contribution in [2.24, 2.45) is 0 Å². The van der Waals surface area contributed by atoms with Crippen molar-refractivity contribution >= 4 is 11.6 Å². The van der Waals surface area contributed by atoms with E-state index in [1.807, 2.05) is 6.07 Å². The minimum Gasteiger partial charge on any atom is -0.383 e. The van der Waals surface area contributed by atoms with Gasteiger partial charge >= 0.3 is 0 Å². The number of hydrogen-bond donors (Lipinski definition) is 1. The molecule has 1 fully saturated rings. The van der Waals surface area contributed by atoms with Gasteiger partial charge in [-0.1, -0.05) is 17.7 Å². The number of likely N-dealkylation sites (tertiary alicyclic amines) is 1. The van der Waals surface area contributed by atoms with Crippen LogP contribution in [-0.2, 0) is 11.3 Å². The first-order valence-electron chi connectivity index (χ1n) is 7.08. The summed E-state index contributed by atoms with van der Waals surface area (Å²) in [5.41, 5.74) is 1.07. The van der Waals surface area contributed by atoms with Crippen LogP contribution in [0.25, 0.3) is 0 Å². The first-order valence-corrected chi connectivity index (χ1v) is 7.46. The molecule has 5 heteroatoms. The summed E-state index contributed by atoms with van der Waals surface area (Å²) < 4.78 is 18.2. The first-order chi connectivity index (χ1) is 9.70. The molecular formula is C15H22ClFN2O. The van der Waals surface area contributed by atoms with Crippen molar-refractivity contribution < 1.29 is 9.13 Å². The first kappa shape index (κ1) is 15.7. The number of rotatable bonds is 7. The van der Waals surface area contributed by atoms with Gasteiger partial charge in [-0.05, 0) is 37.1 Å². The van der Waals surface area contributed by atoms with Crippen molar-refractivity contribution in [3.8, 4) is 0 Å². The molecule has 1 aliphatic rings. The summed E-state index contributed by atoms with van der Waals surface area (Å²) in [4.78, 5) is 2.43. The van der Waals surface area contributed by atoms with E-state index in [1.165, 1.54) is 18.9 Å².